The largest absolute Gasteiger partial charge is 0.398 e. The smallest absolute Gasteiger partial charge is 0.124 e. The first-order chi connectivity index (χ1) is 8.54. The van der Waals surface area contributed by atoms with Crippen LogP contribution in [-0.2, 0) is 5.75 Å². The average molecular weight is 326 g/mol. The lowest BCUT2D eigenvalue weighted by Crippen LogP contribution is -1.90. The summed E-state index contributed by atoms with van der Waals surface area (Å²) in [5, 5.41) is 0. The Balaban J connectivity index is 2.13. The number of rotatable bonds is 3. The molecule has 0 heterocycles. The molecule has 0 radical (unpaired) electrons. The highest BCUT2D eigenvalue weighted by Crippen LogP contribution is 2.29. The van der Waals surface area contributed by atoms with Gasteiger partial charge >= 0.3 is 0 Å². The third-order valence-corrected chi connectivity index (χ3v) is 4.09. The molecule has 0 saturated heterocycles. The van der Waals surface area contributed by atoms with Crippen LogP contribution < -0.4 is 5.73 Å². The maximum Gasteiger partial charge on any atom is 0.124 e. The predicted molar refractivity (Wildman–Crippen MR) is 79.3 cm³/mol. The molecule has 2 aromatic rings. The first-order valence-electron chi connectivity index (χ1n) is 5.48. The summed E-state index contributed by atoms with van der Waals surface area (Å²) in [5.74, 6) is 0.474. The Morgan fingerprint density at radius 2 is 2.00 bits per heavy atom. The second kappa shape index (κ2) is 5.76. The van der Waals surface area contributed by atoms with Crippen molar-refractivity contribution in [3.8, 4) is 0 Å². The number of aryl methyl sites for hydroxylation is 1. The van der Waals surface area contributed by atoms with Gasteiger partial charge in [0.15, 0.2) is 0 Å². The van der Waals surface area contributed by atoms with Gasteiger partial charge in [0.05, 0.1) is 0 Å². The van der Waals surface area contributed by atoms with E-state index in [1.54, 1.807) is 17.8 Å². The van der Waals surface area contributed by atoms with E-state index in [1.807, 2.05) is 31.2 Å². The van der Waals surface area contributed by atoms with Crippen LogP contribution in [0, 0.1) is 12.7 Å². The predicted octanol–water partition coefficient (Wildman–Crippen LogP) is 4.77. The van der Waals surface area contributed by atoms with Crippen molar-refractivity contribution in [1.82, 2.24) is 0 Å². The van der Waals surface area contributed by atoms with Crippen molar-refractivity contribution in [2.75, 3.05) is 5.73 Å². The molecular formula is C14H13BrFNS. The molecule has 0 spiro atoms. The summed E-state index contributed by atoms with van der Waals surface area (Å²) in [5.41, 5.74) is 8.79. The normalized spacial score (nSPS) is 10.6. The zero-order valence-electron chi connectivity index (χ0n) is 9.91. The molecule has 0 amide bonds. The molecule has 0 bridgehead atoms. The molecule has 0 aliphatic carbocycles. The van der Waals surface area contributed by atoms with Gasteiger partial charge in [0.25, 0.3) is 0 Å². The highest BCUT2D eigenvalue weighted by molar-refractivity contribution is 9.10. The van der Waals surface area contributed by atoms with E-state index in [9.17, 15) is 4.39 Å². The fourth-order valence-corrected chi connectivity index (χ4v) is 3.13. The number of benzene rings is 2. The summed E-state index contributed by atoms with van der Waals surface area (Å²) in [6.07, 6.45) is 0. The molecule has 0 aliphatic rings. The minimum Gasteiger partial charge on any atom is -0.398 e. The van der Waals surface area contributed by atoms with E-state index in [1.165, 1.54) is 11.6 Å². The fourth-order valence-electron chi connectivity index (χ4n) is 1.62. The van der Waals surface area contributed by atoms with Gasteiger partial charge in [0, 0.05) is 20.8 Å². The molecule has 2 N–H and O–H groups in total. The van der Waals surface area contributed by atoms with Crippen LogP contribution in [0.25, 0.3) is 0 Å². The topological polar surface area (TPSA) is 26.0 Å². The zero-order valence-corrected chi connectivity index (χ0v) is 12.3. The van der Waals surface area contributed by atoms with Gasteiger partial charge in [-0.05, 0) is 48.4 Å². The van der Waals surface area contributed by atoms with E-state index in [2.05, 4.69) is 15.9 Å². The molecule has 94 valence electrons. The van der Waals surface area contributed by atoms with Gasteiger partial charge in [-0.3, -0.25) is 0 Å². The van der Waals surface area contributed by atoms with E-state index in [0.717, 1.165) is 20.6 Å². The summed E-state index contributed by atoms with van der Waals surface area (Å²) in [4.78, 5) is 1.04. The van der Waals surface area contributed by atoms with Gasteiger partial charge in [-0.1, -0.05) is 22.0 Å². The Labute approximate surface area is 119 Å². The van der Waals surface area contributed by atoms with Crippen LogP contribution in [0.5, 0.6) is 0 Å². The molecule has 1 nitrogen and oxygen atoms in total. The second-order valence-corrected chi connectivity index (χ2v) is 6.04. The standard InChI is InChI=1S/C14H13BrFNS/c1-9-2-3-13(17)14(4-9)18-8-10-5-11(15)7-12(16)6-10/h2-7H,8,17H2,1H3. The quantitative estimate of drug-likeness (QED) is 0.649. The number of nitrogen functional groups attached to an aromatic ring is 1. The molecule has 0 atom stereocenters. The van der Waals surface area contributed by atoms with Crippen LogP contribution in [0.15, 0.2) is 45.8 Å². The zero-order chi connectivity index (χ0) is 13.1. The number of hydrogen-bond donors (Lipinski definition) is 1. The highest BCUT2D eigenvalue weighted by atomic mass is 79.9. The van der Waals surface area contributed by atoms with Crippen LogP contribution in [0.1, 0.15) is 11.1 Å². The van der Waals surface area contributed by atoms with Crippen molar-refractivity contribution in [3.05, 3.63) is 57.8 Å². The molecule has 4 heteroatoms. The van der Waals surface area contributed by atoms with Gasteiger partial charge in [0.1, 0.15) is 5.82 Å². The molecule has 0 unspecified atom stereocenters. The summed E-state index contributed by atoms with van der Waals surface area (Å²) in [7, 11) is 0. The first-order valence-corrected chi connectivity index (χ1v) is 7.26. The van der Waals surface area contributed by atoms with Crippen LogP contribution in [0.4, 0.5) is 10.1 Å². The number of halogens is 2. The minimum atomic E-state index is -0.225. The molecule has 18 heavy (non-hydrogen) atoms. The van der Waals surface area contributed by atoms with E-state index in [0.29, 0.717) is 5.75 Å². The Morgan fingerprint density at radius 1 is 1.22 bits per heavy atom. The molecule has 0 aliphatic heterocycles. The fraction of sp³-hybridized carbons (Fsp3) is 0.143. The Hall–Kier alpha value is -1.000. The second-order valence-electron chi connectivity index (χ2n) is 4.11. The van der Waals surface area contributed by atoms with Crippen LogP contribution in [-0.4, -0.2) is 0 Å². The van der Waals surface area contributed by atoms with Gasteiger partial charge in [-0.25, -0.2) is 4.39 Å². The van der Waals surface area contributed by atoms with E-state index in [4.69, 9.17) is 5.73 Å². The molecule has 2 rings (SSSR count). The van der Waals surface area contributed by atoms with Crippen molar-refractivity contribution in [1.29, 1.82) is 0 Å². The lowest BCUT2D eigenvalue weighted by atomic mass is 10.2. The first kappa shape index (κ1) is 13.4. The number of thioether (sulfide) groups is 1. The maximum absolute atomic E-state index is 13.2. The van der Waals surface area contributed by atoms with Gasteiger partial charge in [-0.2, -0.15) is 0 Å². The Kier molecular flexibility index (Phi) is 4.30. The average Bonchev–Trinajstić information content (AvgIpc) is 2.29. The van der Waals surface area contributed by atoms with Crippen molar-refractivity contribution in [2.24, 2.45) is 0 Å². The van der Waals surface area contributed by atoms with Crippen molar-refractivity contribution >= 4 is 33.4 Å². The molecular weight excluding hydrogens is 313 g/mol. The van der Waals surface area contributed by atoms with Crippen molar-refractivity contribution in [3.63, 3.8) is 0 Å². The number of anilines is 1. The van der Waals surface area contributed by atoms with Crippen LogP contribution in [0.2, 0.25) is 0 Å². The third-order valence-electron chi connectivity index (χ3n) is 2.49. The van der Waals surface area contributed by atoms with Crippen LogP contribution >= 0.6 is 27.7 Å². The molecule has 0 aromatic heterocycles. The minimum absolute atomic E-state index is 0.225. The number of nitrogens with two attached hydrogens (primary N) is 1. The van der Waals surface area contributed by atoms with Crippen LogP contribution in [0.3, 0.4) is 0 Å². The Bertz CT molecular complexity index is 551. The molecule has 2 aromatic carbocycles. The monoisotopic (exact) mass is 325 g/mol. The van der Waals surface area contributed by atoms with Crippen molar-refractivity contribution < 1.29 is 4.39 Å². The number of hydrogen-bond acceptors (Lipinski definition) is 2. The van der Waals surface area contributed by atoms with Gasteiger partial charge in [-0.15, -0.1) is 11.8 Å². The van der Waals surface area contributed by atoms with Gasteiger partial charge < -0.3 is 5.73 Å². The maximum atomic E-state index is 13.2. The summed E-state index contributed by atoms with van der Waals surface area (Å²) in [6, 6.07) is 10.9. The summed E-state index contributed by atoms with van der Waals surface area (Å²) < 4.78 is 14.0. The van der Waals surface area contributed by atoms with E-state index < -0.39 is 0 Å². The molecule has 0 saturated carbocycles. The van der Waals surface area contributed by atoms with E-state index in [-0.39, 0.29) is 5.82 Å². The van der Waals surface area contributed by atoms with Gasteiger partial charge in [0.2, 0.25) is 0 Å². The lowest BCUT2D eigenvalue weighted by Gasteiger charge is -2.07. The lowest BCUT2D eigenvalue weighted by molar-refractivity contribution is 0.625. The summed E-state index contributed by atoms with van der Waals surface area (Å²) in [6.45, 7) is 2.03. The van der Waals surface area contributed by atoms with E-state index >= 15 is 0 Å². The highest BCUT2D eigenvalue weighted by Gasteiger charge is 2.03. The summed E-state index contributed by atoms with van der Waals surface area (Å²) >= 11 is 4.91. The molecule has 0 fully saturated rings. The van der Waals surface area contributed by atoms with Crippen molar-refractivity contribution in [2.45, 2.75) is 17.6 Å². The SMILES string of the molecule is Cc1ccc(N)c(SCc2cc(F)cc(Br)c2)c1. The Morgan fingerprint density at radius 3 is 2.72 bits per heavy atom. The third kappa shape index (κ3) is 3.50.